The lowest BCUT2D eigenvalue weighted by atomic mass is 9.90. The van der Waals surface area contributed by atoms with Crippen LogP contribution < -0.4 is 10.6 Å². The van der Waals surface area contributed by atoms with Crippen molar-refractivity contribution in [2.45, 2.75) is 25.1 Å². The predicted molar refractivity (Wildman–Crippen MR) is 85.7 cm³/mol. The molecule has 25 heavy (non-hydrogen) atoms. The molecule has 2 aromatic rings. The van der Waals surface area contributed by atoms with Crippen molar-refractivity contribution < 1.29 is 22.8 Å². The van der Waals surface area contributed by atoms with Gasteiger partial charge in [0.25, 0.3) is 0 Å². The normalized spacial score (nSPS) is 16.8. The average molecular weight is 348 g/mol. The van der Waals surface area contributed by atoms with Crippen LogP contribution in [0.4, 0.5) is 18.9 Å². The van der Waals surface area contributed by atoms with E-state index in [1.165, 1.54) is 12.1 Å². The van der Waals surface area contributed by atoms with Gasteiger partial charge in [0.2, 0.25) is 11.8 Å². The molecule has 4 nitrogen and oxygen atoms in total. The summed E-state index contributed by atoms with van der Waals surface area (Å²) in [6, 6.07) is 11.8. The number of alkyl halides is 3. The molecule has 1 atom stereocenters. The first-order valence-corrected chi connectivity index (χ1v) is 7.67. The van der Waals surface area contributed by atoms with Crippen LogP contribution in [0.15, 0.2) is 48.5 Å². The summed E-state index contributed by atoms with van der Waals surface area (Å²) < 4.78 is 38.2. The molecule has 3 rings (SSSR count). The number of para-hydroxylation sites is 1. The summed E-state index contributed by atoms with van der Waals surface area (Å²) in [5.74, 6) is -1.31. The highest BCUT2D eigenvalue weighted by Crippen LogP contribution is 2.32. The van der Waals surface area contributed by atoms with Crippen LogP contribution in [-0.2, 0) is 22.3 Å². The number of hydrogen-bond donors (Lipinski definition) is 2. The van der Waals surface area contributed by atoms with Crippen LogP contribution in [-0.4, -0.2) is 11.8 Å². The van der Waals surface area contributed by atoms with Gasteiger partial charge in [-0.15, -0.1) is 0 Å². The number of fused-ring (bicyclic) bond motifs is 1. The summed E-state index contributed by atoms with van der Waals surface area (Å²) in [7, 11) is 0. The van der Waals surface area contributed by atoms with Crippen molar-refractivity contribution in [3.05, 3.63) is 65.2 Å². The Labute approximate surface area is 142 Å². The molecule has 0 aromatic heterocycles. The van der Waals surface area contributed by atoms with E-state index in [2.05, 4.69) is 10.6 Å². The number of anilines is 1. The van der Waals surface area contributed by atoms with Crippen LogP contribution in [0, 0.1) is 0 Å². The van der Waals surface area contributed by atoms with E-state index in [-0.39, 0.29) is 24.8 Å². The predicted octanol–water partition coefficient (Wildman–Crippen LogP) is 3.45. The van der Waals surface area contributed by atoms with Crippen molar-refractivity contribution >= 4 is 17.5 Å². The average Bonchev–Trinajstić information content (AvgIpc) is 2.58. The number of rotatable bonds is 3. The maximum absolute atomic E-state index is 12.7. The highest BCUT2D eigenvalue weighted by molar-refractivity contribution is 6.01. The number of nitrogens with one attached hydrogen (secondary N) is 2. The molecule has 0 saturated carbocycles. The Kier molecular flexibility index (Phi) is 4.48. The van der Waals surface area contributed by atoms with Crippen molar-refractivity contribution in [1.82, 2.24) is 5.32 Å². The SMILES string of the molecule is O=C1CC(C(=O)NCc2cccc(C(F)(F)F)c2)c2ccccc2N1. The Bertz CT molecular complexity index is 818. The summed E-state index contributed by atoms with van der Waals surface area (Å²) >= 11 is 0. The monoisotopic (exact) mass is 348 g/mol. The lowest BCUT2D eigenvalue weighted by Gasteiger charge is -2.24. The van der Waals surface area contributed by atoms with Gasteiger partial charge in [-0.05, 0) is 29.3 Å². The highest BCUT2D eigenvalue weighted by atomic mass is 19.4. The van der Waals surface area contributed by atoms with Crippen molar-refractivity contribution in [2.24, 2.45) is 0 Å². The van der Waals surface area contributed by atoms with Crippen LogP contribution >= 0.6 is 0 Å². The van der Waals surface area contributed by atoms with E-state index >= 15 is 0 Å². The van der Waals surface area contributed by atoms with E-state index in [1.807, 2.05) is 0 Å². The van der Waals surface area contributed by atoms with E-state index in [0.717, 1.165) is 12.1 Å². The molecule has 1 heterocycles. The molecular weight excluding hydrogens is 333 g/mol. The number of carbonyl (C=O) groups is 2. The molecule has 2 amide bonds. The van der Waals surface area contributed by atoms with Gasteiger partial charge in [0, 0.05) is 18.7 Å². The van der Waals surface area contributed by atoms with E-state index in [1.54, 1.807) is 24.3 Å². The van der Waals surface area contributed by atoms with Gasteiger partial charge in [-0.2, -0.15) is 13.2 Å². The second-order valence-electron chi connectivity index (χ2n) is 5.81. The molecule has 1 aliphatic heterocycles. The van der Waals surface area contributed by atoms with E-state index in [9.17, 15) is 22.8 Å². The Morgan fingerprint density at radius 1 is 1.16 bits per heavy atom. The van der Waals surface area contributed by atoms with Crippen LogP contribution in [0.3, 0.4) is 0 Å². The fraction of sp³-hybridized carbons (Fsp3) is 0.222. The lowest BCUT2D eigenvalue weighted by Crippen LogP contribution is -2.34. The second-order valence-corrected chi connectivity index (χ2v) is 5.81. The van der Waals surface area contributed by atoms with Gasteiger partial charge in [0.15, 0.2) is 0 Å². The van der Waals surface area contributed by atoms with Crippen LogP contribution in [0.25, 0.3) is 0 Å². The molecule has 1 aliphatic rings. The topological polar surface area (TPSA) is 58.2 Å². The molecular formula is C18H15F3N2O2. The quantitative estimate of drug-likeness (QED) is 0.893. The van der Waals surface area contributed by atoms with E-state index in [4.69, 9.17) is 0 Å². The van der Waals surface area contributed by atoms with Gasteiger partial charge in [-0.3, -0.25) is 9.59 Å². The molecule has 0 bridgehead atoms. The van der Waals surface area contributed by atoms with Crippen molar-refractivity contribution in [3.8, 4) is 0 Å². The first-order valence-electron chi connectivity index (χ1n) is 7.67. The zero-order valence-electron chi connectivity index (χ0n) is 13.1. The van der Waals surface area contributed by atoms with Gasteiger partial charge >= 0.3 is 6.18 Å². The molecule has 0 spiro atoms. The van der Waals surface area contributed by atoms with Crippen molar-refractivity contribution in [1.29, 1.82) is 0 Å². The maximum atomic E-state index is 12.7. The Morgan fingerprint density at radius 2 is 1.92 bits per heavy atom. The molecule has 2 aromatic carbocycles. The maximum Gasteiger partial charge on any atom is 0.416 e. The molecule has 0 radical (unpaired) electrons. The number of amides is 2. The van der Waals surface area contributed by atoms with Gasteiger partial charge in [0.1, 0.15) is 0 Å². The minimum Gasteiger partial charge on any atom is -0.351 e. The van der Waals surface area contributed by atoms with Crippen LogP contribution in [0.2, 0.25) is 0 Å². The molecule has 7 heteroatoms. The fourth-order valence-electron chi connectivity index (χ4n) is 2.82. The lowest BCUT2D eigenvalue weighted by molar-refractivity contribution is -0.137. The number of halogens is 3. The Hall–Kier alpha value is -2.83. The zero-order chi connectivity index (χ0) is 18.0. The van der Waals surface area contributed by atoms with Crippen LogP contribution in [0.1, 0.15) is 29.0 Å². The number of benzene rings is 2. The molecule has 0 aliphatic carbocycles. The van der Waals surface area contributed by atoms with Gasteiger partial charge in [0.05, 0.1) is 11.5 Å². The Balaban J connectivity index is 1.73. The summed E-state index contributed by atoms with van der Waals surface area (Å²) in [6.45, 7) is -0.0387. The number of hydrogen-bond acceptors (Lipinski definition) is 2. The molecule has 1 unspecified atom stereocenters. The van der Waals surface area contributed by atoms with Gasteiger partial charge < -0.3 is 10.6 Å². The van der Waals surface area contributed by atoms with Crippen molar-refractivity contribution in [2.75, 3.05) is 5.32 Å². The third-order valence-electron chi connectivity index (χ3n) is 4.04. The van der Waals surface area contributed by atoms with Gasteiger partial charge in [-0.1, -0.05) is 30.3 Å². The third kappa shape index (κ3) is 3.81. The highest BCUT2D eigenvalue weighted by Gasteiger charge is 2.31. The minimum atomic E-state index is -4.43. The van der Waals surface area contributed by atoms with E-state index in [0.29, 0.717) is 16.8 Å². The number of carbonyl (C=O) groups excluding carboxylic acids is 2. The second kappa shape index (κ2) is 6.58. The zero-order valence-corrected chi connectivity index (χ0v) is 13.1. The minimum absolute atomic E-state index is 0.00539. The molecule has 130 valence electrons. The molecule has 2 N–H and O–H groups in total. The Morgan fingerprint density at radius 3 is 2.68 bits per heavy atom. The first-order chi connectivity index (χ1) is 11.8. The van der Waals surface area contributed by atoms with Crippen molar-refractivity contribution in [3.63, 3.8) is 0 Å². The summed E-state index contributed by atoms with van der Waals surface area (Å²) in [4.78, 5) is 24.2. The largest absolute Gasteiger partial charge is 0.416 e. The molecule has 0 saturated heterocycles. The fourth-order valence-corrected chi connectivity index (χ4v) is 2.82. The summed E-state index contributed by atoms with van der Waals surface area (Å²) in [5.41, 5.74) is 0.861. The molecule has 0 fully saturated rings. The third-order valence-corrected chi connectivity index (χ3v) is 4.04. The standard InChI is InChI=1S/C18H15F3N2O2/c19-18(20,21)12-5-3-4-11(8-12)10-22-17(25)14-9-16(24)23-15-7-2-1-6-13(14)15/h1-8,14H,9-10H2,(H,22,25)(H,23,24). The van der Waals surface area contributed by atoms with Gasteiger partial charge in [-0.25, -0.2) is 0 Å². The smallest absolute Gasteiger partial charge is 0.351 e. The summed E-state index contributed by atoms with van der Waals surface area (Å²) in [6.07, 6.45) is -4.42. The van der Waals surface area contributed by atoms with Crippen LogP contribution in [0.5, 0.6) is 0 Å². The first kappa shape index (κ1) is 17.0. The summed E-state index contributed by atoms with van der Waals surface area (Å²) in [5, 5.41) is 5.32. The van der Waals surface area contributed by atoms with E-state index < -0.39 is 17.7 Å².